The van der Waals surface area contributed by atoms with Gasteiger partial charge in [-0.1, -0.05) is 61.9 Å². The zero-order chi connectivity index (χ0) is 33.4. The third kappa shape index (κ3) is 6.67. The number of hydrogen-bond donors (Lipinski definition) is 2. The predicted octanol–water partition coefficient (Wildman–Crippen LogP) is 8.33. The number of sulfonamides is 1. The first kappa shape index (κ1) is 34.2. The molecule has 0 spiro atoms. The number of fused-ring (bicyclic) bond motifs is 9. The van der Waals surface area contributed by atoms with Gasteiger partial charge in [-0.2, -0.15) is 4.31 Å². The van der Waals surface area contributed by atoms with Crippen LogP contribution in [0.2, 0.25) is 0 Å². The number of carbonyl (C=O) groups is 1. The van der Waals surface area contributed by atoms with Gasteiger partial charge in [-0.05, 0) is 110 Å². The molecule has 250 valence electrons. The molecule has 3 aliphatic rings. The number of ketones is 1. The van der Waals surface area contributed by atoms with Crippen molar-refractivity contribution in [2.24, 2.45) is 5.41 Å². The monoisotopic (exact) mass is 691 g/mol. The average molecular weight is 692 g/mol. The Balaban J connectivity index is 1.46. The lowest BCUT2D eigenvalue weighted by Crippen LogP contribution is -2.53. The number of rotatable bonds is 8. The number of carbonyl (C=O) groups excluding carboxylic acids is 1. The number of aliphatic hydroxyl groups is 2. The summed E-state index contributed by atoms with van der Waals surface area (Å²) >= 11 is 2.68. The Morgan fingerprint density at radius 3 is 2.62 bits per heavy atom. The fourth-order valence-electron chi connectivity index (χ4n) is 7.79. The fourth-order valence-corrected chi connectivity index (χ4v) is 11.5. The summed E-state index contributed by atoms with van der Waals surface area (Å²) in [5, 5.41) is 26.5. The molecule has 9 heteroatoms. The van der Waals surface area contributed by atoms with Crippen molar-refractivity contribution in [3.8, 4) is 0 Å². The molecule has 0 saturated heterocycles. The number of hydrogen-bond acceptors (Lipinski definition) is 7. The summed E-state index contributed by atoms with van der Waals surface area (Å²) in [7, 11) is -3.79. The number of thiophene rings is 2. The van der Waals surface area contributed by atoms with Gasteiger partial charge in [-0.25, -0.2) is 8.42 Å². The second-order valence-electron chi connectivity index (χ2n) is 13.7. The maximum atomic E-state index is 14.5. The number of benzene rings is 2. The van der Waals surface area contributed by atoms with Gasteiger partial charge in [-0.15, -0.1) is 22.7 Å². The topological polar surface area (TPSA) is 94.9 Å². The zero-order valence-electron chi connectivity index (χ0n) is 27.4. The van der Waals surface area contributed by atoms with E-state index in [1.165, 1.54) is 32.6 Å². The molecule has 7 rings (SSSR count). The largest absolute Gasteiger partial charge is 0.393 e. The van der Waals surface area contributed by atoms with Crippen LogP contribution in [0.1, 0.15) is 98.0 Å². The Morgan fingerprint density at radius 1 is 1.06 bits per heavy atom. The minimum atomic E-state index is -3.79. The molecular weight excluding hydrogens is 647 g/mol. The van der Waals surface area contributed by atoms with Gasteiger partial charge < -0.3 is 10.2 Å². The highest BCUT2D eigenvalue weighted by Crippen LogP contribution is 2.59. The Morgan fingerprint density at radius 2 is 1.87 bits per heavy atom. The van der Waals surface area contributed by atoms with Crippen LogP contribution in [0.5, 0.6) is 0 Å². The third-order valence-electron chi connectivity index (χ3n) is 10.6. The van der Waals surface area contributed by atoms with Gasteiger partial charge in [0.15, 0.2) is 0 Å². The molecule has 4 aromatic rings. The van der Waals surface area contributed by atoms with Gasteiger partial charge in [0.1, 0.15) is 4.21 Å². The summed E-state index contributed by atoms with van der Waals surface area (Å²) in [6, 6.07) is 19.4. The fraction of sp³-hybridized carbons (Fsp3) is 0.447. The number of aliphatic hydroxyl groups excluding tert-OH is 1. The molecule has 1 saturated carbocycles. The molecule has 6 nitrogen and oxygen atoms in total. The normalized spacial score (nSPS) is 25.5. The van der Waals surface area contributed by atoms with Crippen molar-refractivity contribution in [3.63, 3.8) is 0 Å². The average Bonchev–Trinajstić information content (AvgIpc) is 3.79. The highest BCUT2D eigenvalue weighted by atomic mass is 32.2. The summed E-state index contributed by atoms with van der Waals surface area (Å²) < 4.78 is 30.5. The molecule has 0 aliphatic heterocycles. The van der Waals surface area contributed by atoms with E-state index in [4.69, 9.17) is 0 Å². The molecule has 0 radical (unpaired) electrons. The van der Waals surface area contributed by atoms with E-state index in [-0.39, 0.29) is 22.5 Å². The van der Waals surface area contributed by atoms with Crippen LogP contribution in [0.4, 0.5) is 0 Å². The Kier molecular flexibility index (Phi) is 9.96. The van der Waals surface area contributed by atoms with Crippen LogP contribution >= 0.6 is 22.7 Å². The molecule has 0 amide bonds. The standard InChI is InChI=1S/C38H45NO5S3/c1-4-20-39(47(43,44)35-12-8-21-45-35)25-38(42)19-17-32-30-16-14-27(22-29(40)15-13-26(2)9-7-18-37(32,38)3)23-31(30)36(41)34-24-28-10-5-6-11-33(28)46-34/h5-6,8-12,14,16,21,23-24,29,32,40,42H,4,7,13,15,17-20,22,25H2,1-3H3. The van der Waals surface area contributed by atoms with Crippen molar-refractivity contribution in [3.05, 3.63) is 99.3 Å². The van der Waals surface area contributed by atoms with E-state index in [0.717, 1.165) is 27.6 Å². The molecular formula is C38H45NO5S3. The summed E-state index contributed by atoms with van der Waals surface area (Å²) in [6.45, 7) is 6.47. The van der Waals surface area contributed by atoms with Crippen molar-refractivity contribution in [1.82, 2.24) is 4.31 Å². The molecule has 2 bridgehead atoms. The lowest BCUT2D eigenvalue weighted by atomic mass is 9.65. The highest BCUT2D eigenvalue weighted by Gasteiger charge is 2.58. The van der Waals surface area contributed by atoms with E-state index in [2.05, 4.69) is 19.9 Å². The van der Waals surface area contributed by atoms with E-state index in [1.54, 1.807) is 17.5 Å². The summed E-state index contributed by atoms with van der Waals surface area (Å²) in [4.78, 5) is 15.1. The van der Waals surface area contributed by atoms with Crippen molar-refractivity contribution in [1.29, 1.82) is 0 Å². The first-order valence-electron chi connectivity index (χ1n) is 16.7. The molecule has 2 aromatic heterocycles. The highest BCUT2D eigenvalue weighted by molar-refractivity contribution is 7.91. The SMILES string of the molecule is CCCN(CC1(O)CCC2c3ccc(cc3C(=O)c3cc4ccccc4s3)CC(O)CCC(C)=CCCC21C)S(=O)(=O)c1cccs1. The lowest BCUT2D eigenvalue weighted by molar-refractivity contribution is -0.0723. The van der Waals surface area contributed by atoms with E-state index in [0.29, 0.717) is 61.9 Å². The third-order valence-corrected chi connectivity index (χ3v) is 14.9. The Hall–Kier alpha value is -2.66. The maximum absolute atomic E-state index is 14.5. The first-order valence-corrected chi connectivity index (χ1v) is 19.8. The second-order valence-corrected chi connectivity index (χ2v) is 17.9. The maximum Gasteiger partial charge on any atom is 0.252 e. The van der Waals surface area contributed by atoms with Crippen LogP contribution in [0, 0.1) is 5.41 Å². The summed E-state index contributed by atoms with van der Waals surface area (Å²) in [6.07, 6.45) is 6.55. The molecule has 1 fully saturated rings. The van der Waals surface area contributed by atoms with Gasteiger partial charge in [0.25, 0.3) is 10.0 Å². The van der Waals surface area contributed by atoms with E-state index >= 15 is 0 Å². The van der Waals surface area contributed by atoms with Crippen LogP contribution in [0.25, 0.3) is 10.1 Å². The van der Waals surface area contributed by atoms with Gasteiger partial charge in [-0.3, -0.25) is 4.79 Å². The molecule has 2 heterocycles. The van der Waals surface area contributed by atoms with Crippen LogP contribution in [0.15, 0.2) is 81.9 Å². The Bertz CT molecular complexity index is 1840. The number of nitrogens with zero attached hydrogens (tertiary/aromatic N) is 1. The van der Waals surface area contributed by atoms with Crippen LogP contribution in [0.3, 0.4) is 0 Å². The van der Waals surface area contributed by atoms with Crippen molar-refractivity contribution >= 4 is 48.6 Å². The molecule has 2 aromatic carbocycles. The van der Waals surface area contributed by atoms with Crippen molar-refractivity contribution in [2.75, 3.05) is 13.1 Å². The minimum Gasteiger partial charge on any atom is -0.393 e. The van der Waals surface area contributed by atoms with Crippen molar-refractivity contribution in [2.45, 2.75) is 94.0 Å². The quantitative estimate of drug-likeness (QED) is 0.143. The Labute approximate surface area is 286 Å². The summed E-state index contributed by atoms with van der Waals surface area (Å²) in [5.41, 5.74) is 1.58. The number of allylic oxidation sites excluding steroid dienone is 2. The van der Waals surface area contributed by atoms with Gasteiger partial charge in [0.2, 0.25) is 5.78 Å². The lowest BCUT2D eigenvalue weighted by Gasteiger charge is -2.45. The van der Waals surface area contributed by atoms with Gasteiger partial charge in [0.05, 0.1) is 16.6 Å². The molecule has 47 heavy (non-hydrogen) atoms. The van der Waals surface area contributed by atoms with Gasteiger partial charge in [0, 0.05) is 28.8 Å². The minimum absolute atomic E-state index is 0.000634. The molecule has 4 atom stereocenters. The summed E-state index contributed by atoms with van der Waals surface area (Å²) in [5.74, 6) is -0.226. The first-order chi connectivity index (χ1) is 22.4. The van der Waals surface area contributed by atoms with Crippen LogP contribution < -0.4 is 0 Å². The van der Waals surface area contributed by atoms with Gasteiger partial charge >= 0.3 is 0 Å². The van der Waals surface area contributed by atoms with Crippen molar-refractivity contribution < 1.29 is 23.4 Å². The molecule has 2 N–H and O–H groups in total. The molecule has 4 unspecified atom stereocenters. The van der Waals surface area contributed by atoms with E-state index < -0.39 is 27.1 Å². The smallest absolute Gasteiger partial charge is 0.252 e. The van der Waals surface area contributed by atoms with E-state index in [9.17, 15) is 23.4 Å². The second kappa shape index (κ2) is 13.7. The van der Waals surface area contributed by atoms with Crippen LogP contribution in [-0.4, -0.2) is 53.5 Å². The van der Waals surface area contributed by atoms with E-state index in [1.807, 2.05) is 55.5 Å². The zero-order valence-corrected chi connectivity index (χ0v) is 29.9. The molecule has 3 aliphatic carbocycles. The van der Waals surface area contributed by atoms with Crippen LogP contribution in [-0.2, 0) is 16.4 Å². The predicted molar refractivity (Wildman–Crippen MR) is 192 cm³/mol.